The molecule has 1 aromatic rings. The first kappa shape index (κ1) is 16.8. The van der Waals surface area contributed by atoms with Gasteiger partial charge in [0, 0.05) is 25.7 Å². The fourth-order valence-corrected chi connectivity index (χ4v) is 2.59. The Hall–Kier alpha value is -2.54. The van der Waals surface area contributed by atoms with E-state index in [1.807, 2.05) is 6.08 Å². The van der Waals surface area contributed by atoms with Crippen LogP contribution in [-0.2, 0) is 14.3 Å². The monoisotopic (exact) mass is 319 g/mol. The molecule has 1 aliphatic rings. The molecule has 7 heteroatoms. The second-order valence-electron chi connectivity index (χ2n) is 5.26. The zero-order valence-corrected chi connectivity index (χ0v) is 12.9. The second kappa shape index (κ2) is 6.70. The lowest BCUT2D eigenvalue weighted by Gasteiger charge is -2.37. The Morgan fingerprint density at radius 1 is 1.30 bits per heavy atom. The Balaban J connectivity index is 2.26. The van der Waals surface area contributed by atoms with Crippen LogP contribution in [0.4, 0.5) is 5.69 Å². The van der Waals surface area contributed by atoms with Crippen LogP contribution >= 0.6 is 0 Å². The maximum absolute atomic E-state index is 12.3. The lowest BCUT2D eigenvalue weighted by molar-refractivity contribution is -0.384. The largest absolute Gasteiger partial charge is 0.444 e. The fraction of sp³-hybridized carbons (Fsp3) is 0.375. The van der Waals surface area contributed by atoms with E-state index in [2.05, 4.69) is 0 Å². The number of benzene rings is 1. The molecule has 0 aliphatic heterocycles. The van der Waals surface area contributed by atoms with Crippen molar-refractivity contribution >= 4 is 17.4 Å². The molecule has 7 nitrogen and oxygen atoms in total. The summed E-state index contributed by atoms with van der Waals surface area (Å²) < 4.78 is 10.8. The van der Waals surface area contributed by atoms with Crippen molar-refractivity contribution in [3.05, 3.63) is 52.1 Å². The number of nitro groups is 1. The van der Waals surface area contributed by atoms with Gasteiger partial charge in [-0.2, -0.15) is 0 Å². The number of Topliss-reactive ketones (excluding diaryl/α,β-unsaturated/α-hetero) is 1. The minimum Gasteiger partial charge on any atom is -0.444 e. The van der Waals surface area contributed by atoms with Crippen molar-refractivity contribution in [2.75, 3.05) is 7.11 Å². The number of esters is 1. The van der Waals surface area contributed by atoms with E-state index in [4.69, 9.17) is 9.47 Å². The molecule has 0 unspecified atom stereocenters. The topological polar surface area (TPSA) is 95.7 Å². The minimum absolute atomic E-state index is 0.127. The van der Waals surface area contributed by atoms with Crippen molar-refractivity contribution in [1.82, 2.24) is 0 Å². The number of allylic oxidation sites excluding steroid dienone is 1. The first-order valence-corrected chi connectivity index (χ1v) is 7.09. The summed E-state index contributed by atoms with van der Waals surface area (Å²) in [5.74, 6) is -1.02. The molecule has 0 fully saturated rings. The zero-order chi connectivity index (χ0) is 17.0. The summed E-state index contributed by atoms with van der Waals surface area (Å²) in [6.45, 7) is 1.36. The Morgan fingerprint density at radius 3 is 2.48 bits per heavy atom. The van der Waals surface area contributed by atoms with E-state index in [0.717, 1.165) is 0 Å². The minimum atomic E-state index is -1.37. The van der Waals surface area contributed by atoms with Crippen LogP contribution in [0.5, 0.6) is 0 Å². The third-order valence-electron chi connectivity index (χ3n) is 3.89. The highest BCUT2D eigenvalue weighted by Crippen LogP contribution is 2.32. The fourth-order valence-electron chi connectivity index (χ4n) is 2.59. The molecule has 0 bridgehead atoms. The molecular weight excluding hydrogens is 302 g/mol. The number of ketones is 1. The highest BCUT2D eigenvalue weighted by Gasteiger charge is 2.47. The number of ether oxygens (including phenoxy) is 2. The molecule has 0 spiro atoms. The van der Waals surface area contributed by atoms with Crippen LogP contribution in [-0.4, -0.2) is 35.5 Å². The highest BCUT2D eigenvalue weighted by atomic mass is 16.6. The summed E-state index contributed by atoms with van der Waals surface area (Å²) >= 11 is 0. The van der Waals surface area contributed by atoms with Crippen LogP contribution in [0, 0.1) is 10.1 Å². The van der Waals surface area contributed by atoms with Crippen molar-refractivity contribution in [2.45, 2.75) is 31.5 Å². The smallest absolute Gasteiger partial charge is 0.339 e. The third-order valence-corrected chi connectivity index (χ3v) is 3.89. The van der Waals surface area contributed by atoms with Gasteiger partial charge < -0.3 is 9.47 Å². The lowest BCUT2D eigenvalue weighted by Crippen LogP contribution is -2.53. The number of methoxy groups -OCH3 is 1. The van der Waals surface area contributed by atoms with Gasteiger partial charge in [0.15, 0.2) is 11.4 Å². The van der Waals surface area contributed by atoms with Crippen LogP contribution < -0.4 is 0 Å². The highest BCUT2D eigenvalue weighted by molar-refractivity contribution is 5.94. The van der Waals surface area contributed by atoms with Gasteiger partial charge in [0.2, 0.25) is 0 Å². The van der Waals surface area contributed by atoms with Crippen molar-refractivity contribution in [1.29, 1.82) is 0 Å². The molecule has 1 aromatic carbocycles. The molecule has 2 atom stereocenters. The molecular formula is C16H17NO6. The Bertz CT molecular complexity index is 651. The van der Waals surface area contributed by atoms with Crippen molar-refractivity contribution in [2.24, 2.45) is 0 Å². The Morgan fingerprint density at radius 2 is 1.96 bits per heavy atom. The van der Waals surface area contributed by atoms with E-state index in [0.29, 0.717) is 12.8 Å². The molecule has 0 N–H and O–H groups in total. The first-order chi connectivity index (χ1) is 10.9. The average Bonchev–Trinajstić information content (AvgIpc) is 2.55. The van der Waals surface area contributed by atoms with Crippen LogP contribution in [0.3, 0.4) is 0 Å². The van der Waals surface area contributed by atoms with Crippen molar-refractivity contribution in [3.8, 4) is 0 Å². The van der Waals surface area contributed by atoms with Crippen molar-refractivity contribution in [3.63, 3.8) is 0 Å². The summed E-state index contributed by atoms with van der Waals surface area (Å²) in [6, 6.07) is 5.03. The number of nitrogens with zero attached hydrogens (tertiary/aromatic N) is 1. The van der Waals surface area contributed by atoms with Gasteiger partial charge >= 0.3 is 5.97 Å². The quantitative estimate of drug-likeness (QED) is 0.358. The number of non-ortho nitro benzene ring substituents is 1. The molecule has 122 valence electrons. The number of hydrogen-bond donors (Lipinski definition) is 0. The molecule has 23 heavy (non-hydrogen) atoms. The maximum atomic E-state index is 12.3. The van der Waals surface area contributed by atoms with E-state index in [1.54, 1.807) is 6.08 Å². The third kappa shape index (κ3) is 3.29. The van der Waals surface area contributed by atoms with Gasteiger partial charge in [-0.05, 0) is 25.5 Å². The lowest BCUT2D eigenvalue weighted by atomic mass is 9.83. The van der Waals surface area contributed by atoms with E-state index in [9.17, 15) is 19.7 Å². The molecule has 0 saturated carbocycles. The number of rotatable bonds is 5. The summed E-state index contributed by atoms with van der Waals surface area (Å²) in [4.78, 5) is 34.5. The summed E-state index contributed by atoms with van der Waals surface area (Å²) in [5, 5.41) is 10.6. The van der Waals surface area contributed by atoms with Gasteiger partial charge in [0.25, 0.3) is 5.69 Å². The van der Waals surface area contributed by atoms with Crippen LogP contribution in [0.15, 0.2) is 36.4 Å². The van der Waals surface area contributed by atoms with E-state index in [-0.39, 0.29) is 17.0 Å². The number of nitro benzene ring substituents is 1. The van der Waals surface area contributed by atoms with Crippen molar-refractivity contribution < 1.29 is 24.0 Å². The van der Waals surface area contributed by atoms with E-state index >= 15 is 0 Å². The molecule has 0 heterocycles. The molecule has 0 aromatic heterocycles. The summed E-state index contributed by atoms with van der Waals surface area (Å²) in [5.41, 5.74) is -1.36. The standard InChI is InChI=1S/C16H17NO6/c1-11(18)16(10-4-3-5-14(16)22-2)23-15(19)12-6-8-13(9-7-12)17(20)21/h3,5-9,14H,4,10H2,1-2H3/t14-,16+/m1/s1. The summed E-state index contributed by atoms with van der Waals surface area (Å²) in [7, 11) is 1.44. The molecule has 0 saturated heterocycles. The van der Waals surface area contributed by atoms with Gasteiger partial charge in [-0.1, -0.05) is 12.2 Å². The molecule has 1 aliphatic carbocycles. The van der Waals surface area contributed by atoms with Crippen LogP contribution in [0.25, 0.3) is 0 Å². The predicted octanol–water partition coefficient (Wildman–Crippen LogP) is 2.44. The number of carbonyl (C=O) groups is 2. The predicted molar refractivity (Wildman–Crippen MR) is 81.1 cm³/mol. The van der Waals surface area contributed by atoms with Crippen LogP contribution in [0.1, 0.15) is 30.1 Å². The van der Waals surface area contributed by atoms with Gasteiger partial charge in [-0.25, -0.2) is 4.79 Å². The van der Waals surface area contributed by atoms with E-state index in [1.165, 1.54) is 38.3 Å². The number of carbonyl (C=O) groups excluding carboxylic acids is 2. The Kier molecular flexibility index (Phi) is 4.90. The van der Waals surface area contributed by atoms with Gasteiger partial charge in [-0.15, -0.1) is 0 Å². The second-order valence-corrected chi connectivity index (χ2v) is 5.26. The average molecular weight is 319 g/mol. The van der Waals surface area contributed by atoms with Gasteiger partial charge in [-0.3, -0.25) is 14.9 Å². The zero-order valence-electron chi connectivity index (χ0n) is 12.9. The van der Waals surface area contributed by atoms with E-state index < -0.39 is 22.6 Å². The van der Waals surface area contributed by atoms with Gasteiger partial charge in [0.05, 0.1) is 10.5 Å². The summed E-state index contributed by atoms with van der Waals surface area (Å²) in [6.07, 6.45) is 3.84. The Labute approximate surface area is 133 Å². The SMILES string of the molecule is CO[C@@H]1C=CCC[C@]1(OC(=O)c1ccc([N+](=O)[O-])cc1)C(C)=O. The molecule has 2 rings (SSSR count). The van der Waals surface area contributed by atoms with Gasteiger partial charge in [0.1, 0.15) is 6.10 Å². The molecule has 0 radical (unpaired) electrons. The molecule has 0 amide bonds. The number of hydrogen-bond acceptors (Lipinski definition) is 6. The maximum Gasteiger partial charge on any atom is 0.339 e. The first-order valence-electron chi connectivity index (χ1n) is 7.09. The van der Waals surface area contributed by atoms with Crippen LogP contribution in [0.2, 0.25) is 0 Å². The normalized spacial score (nSPS) is 23.3.